The van der Waals surface area contributed by atoms with E-state index in [0.29, 0.717) is 25.7 Å². The maximum atomic E-state index is 13.6. The zero-order chi connectivity index (χ0) is 25.6. The minimum atomic E-state index is -2.64. The van der Waals surface area contributed by atoms with Crippen molar-refractivity contribution in [3.8, 4) is 0 Å². The van der Waals surface area contributed by atoms with E-state index in [9.17, 15) is 37.3 Å². The second-order valence-electron chi connectivity index (χ2n) is 9.36. The number of unbranched alkanes of at least 4 members (excludes halogenated alkanes) is 12. The van der Waals surface area contributed by atoms with Gasteiger partial charge >= 0.3 is 0 Å². The van der Waals surface area contributed by atoms with E-state index in [1.54, 1.807) is 0 Å². The molecule has 0 aliphatic rings. The Kier molecular flexibility index (Phi) is 14.9. The van der Waals surface area contributed by atoms with Crippen LogP contribution >= 0.6 is 0 Å². The summed E-state index contributed by atoms with van der Waals surface area (Å²) in [6.07, 6.45) is 13.7. The molecule has 0 aromatic heterocycles. The molecule has 0 saturated carbocycles. The molecule has 0 spiro atoms. The Bertz CT molecular complexity index is 678. The van der Waals surface area contributed by atoms with Gasteiger partial charge in [0, 0.05) is 11.5 Å². The Morgan fingerprint density at radius 1 is 0.529 bits per heavy atom. The Morgan fingerprint density at radius 3 is 1.29 bits per heavy atom. The summed E-state index contributed by atoms with van der Waals surface area (Å²) in [4.78, 5) is 0. The van der Waals surface area contributed by atoms with Gasteiger partial charge < -0.3 is 15.3 Å². The average Bonchev–Trinajstić information content (AvgIpc) is 2.79. The maximum Gasteiger partial charge on any atom is 0.278 e. The normalized spacial score (nSPS) is 13.0. The van der Waals surface area contributed by atoms with E-state index >= 15 is 0 Å². The molecule has 0 heterocycles. The number of rotatable bonds is 19. The number of aliphatic hydroxyl groups is 3. The molecular weight excluding hydrogens is 455 g/mol. The molecule has 1 unspecified atom stereocenters. The molecule has 0 fully saturated rings. The van der Waals surface area contributed by atoms with Crippen LogP contribution in [-0.2, 0) is 6.42 Å². The molecule has 1 aromatic carbocycles. The fourth-order valence-corrected chi connectivity index (χ4v) is 4.33. The van der Waals surface area contributed by atoms with Crippen LogP contribution in [0.3, 0.4) is 0 Å². The molecule has 8 heteroatoms. The fraction of sp³-hybridized carbons (Fsp3) is 0.769. The quantitative estimate of drug-likeness (QED) is 0.0613. The maximum absolute atomic E-state index is 13.6. The van der Waals surface area contributed by atoms with Crippen LogP contribution in [0.25, 0.3) is 0 Å². The highest BCUT2D eigenvalue weighted by molar-refractivity contribution is 5.24. The Morgan fingerprint density at radius 2 is 0.882 bits per heavy atom. The molecule has 198 valence electrons. The monoisotopic (exact) mass is 496 g/mol. The van der Waals surface area contributed by atoms with Gasteiger partial charge in [0.25, 0.3) is 5.97 Å². The van der Waals surface area contributed by atoms with E-state index in [4.69, 9.17) is 0 Å². The van der Waals surface area contributed by atoms with Crippen LogP contribution < -0.4 is 0 Å². The fourth-order valence-electron chi connectivity index (χ4n) is 4.33. The lowest BCUT2D eigenvalue weighted by Crippen LogP contribution is -2.37. The third kappa shape index (κ3) is 11.0. The summed E-state index contributed by atoms with van der Waals surface area (Å²) >= 11 is 0. The van der Waals surface area contributed by atoms with E-state index in [1.807, 2.05) is 0 Å². The number of halogens is 5. The lowest BCUT2D eigenvalue weighted by Gasteiger charge is -2.26. The Hall–Kier alpha value is -1.25. The van der Waals surface area contributed by atoms with Crippen LogP contribution in [0.1, 0.15) is 115 Å². The van der Waals surface area contributed by atoms with E-state index in [-0.39, 0.29) is 6.42 Å². The first-order valence-corrected chi connectivity index (χ1v) is 12.8. The lowest BCUT2D eigenvalue weighted by molar-refractivity contribution is -0.344. The topological polar surface area (TPSA) is 60.7 Å². The SMILES string of the molecule is CCCCCCCCC(CCCCCCCCCCc1c(F)c(F)c(F)c(F)c1F)C(O)(O)O. The standard InChI is InChI=1S/C26H41F5O3/c1-2-3-4-5-10-13-16-19(26(32,33)34)17-14-11-8-6-7-9-12-15-18-20-21(27)23(29)25(31)24(30)22(20)28/h19,32-34H,2-18H2,1H3. The van der Waals surface area contributed by atoms with Crippen molar-refractivity contribution in [1.29, 1.82) is 0 Å². The van der Waals surface area contributed by atoms with E-state index in [1.165, 1.54) is 19.3 Å². The highest BCUT2D eigenvalue weighted by Crippen LogP contribution is 2.27. The minimum absolute atomic E-state index is 0.197. The summed E-state index contributed by atoms with van der Waals surface area (Å²) in [5.74, 6) is -12.6. The van der Waals surface area contributed by atoms with Gasteiger partial charge in [0.1, 0.15) is 0 Å². The molecule has 0 amide bonds. The van der Waals surface area contributed by atoms with Crippen LogP contribution in [0.5, 0.6) is 0 Å². The molecule has 0 aliphatic heterocycles. The van der Waals surface area contributed by atoms with Gasteiger partial charge in [0.05, 0.1) is 0 Å². The summed E-state index contributed by atoms with van der Waals surface area (Å²) in [6.45, 7) is 2.15. The van der Waals surface area contributed by atoms with Gasteiger partial charge in [-0.1, -0.05) is 90.4 Å². The van der Waals surface area contributed by atoms with Crippen molar-refractivity contribution in [2.75, 3.05) is 0 Å². The van der Waals surface area contributed by atoms with Gasteiger partial charge in [-0.2, -0.15) is 0 Å². The van der Waals surface area contributed by atoms with Crippen molar-refractivity contribution < 1.29 is 37.3 Å². The average molecular weight is 497 g/mol. The summed E-state index contributed by atoms with van der Waals surface area (Å²) in [5.41, 5.74) is -0.750. The number of benzene rings is 1. The number of hydrogen-bond acceptors (Lipinski definition) is 3. The van der Waals surface area contributed by atoms with Crippen molar-refractivity contribution in [2.45, 2.75) is 122 Å². The van der Waals surface area contributed by atoms with Crippen molar-refractivity contribution in [2.24, 2.45) is 5.92 Å². The summed E-state index contributed by atoms with van der Waals surface area (Å²) in [6, 6.07) is 0. The smallest absolute Gasteiger partial charge is 0.278 e. The van der Waals surface area contributed by atoms with Crippen molar-refractivity contribution in [1.82, 2.24) is 0 Å². The van der Waals surface area contributed by atoms with Gasteiger partial charge in [0.2, 0.25) is 5.82 Å². The minimum Gasteiger partial charge on any atom is -0.343 e. The zero-order valence-electron chi connectivity index (χ0n) is 20.3. The highest BCUT2D eigenvalue weighted by Gasteiger charge is 2.30. The van der Waals surface area contributed by atoms with Gasteiger partial charge in [-0.05, 0) is 25.7 Å². The lowest BCUT2D eigenvalue weighted by atomic mass is 9.92. The summed E-state index contributed by atoms with van der Waals surface area (Å²) < 4.78 is 66.8. The first-order valence-electron chi connectivity index (χ1n) is 12.8. The molecule has 0 radical (unpaired) electrons. The van der Waals surface area contributed by atoms with Gasteiger partial charge in [-0.15, -0.1) is 0 Å². The van der Waals surface area contributed by atoms with Crippen LogP contribution in [0.4, 0.5) is 22.0 Å². The van der Waals surface area contributed by atoms with E-state index < -0.39 is 46.5 Å². The van der Waals surface area contributed by atoms with Gasteiger partial charge in [-0.3, -0.25) is 0 Å². The molecule has 3 N–H and O–H groups in total. The van der Waals surface area contributed by atoms with Crippen molar-refractivity contribution in [3.63, 3.8) is 0 Å². The predicted octanol–water partition coefficient (Wildman–Crippen LogP) is 7.43. The molecule has 0 aliphatic carbocycles. The Balaban J connectivity index is 2.16. The van der Waals surface area contributed by atoms with Gasteiger partial charge in [0.15, 0.2) is 23.3 Å². The predicted molar refractivity (Wildman–Crippen MR) is 122 cm³/mol. The van der Waals surface area contributed by atoms with E-state index in [2.05, 4.69) is 6.92 Å². The Labute approximate surface area is 200 Å². The first kappa shape index (κ1) is 30.8. The molecular formula is C26H41F5O3. The van der Waals surface area contributed by atoms with Crippen LogP contribution in [0.15, 0.2) is 0 Å². The molecule has 3 nitrogen and oxygen atoms in total. The van der Waals surface area contributed by atoms with Crippen LogP contribution in [0.2, 0.25) is 0 Å². The van der Waals surface area contributed by atoms with Gasteiger partial charge in [-0.25, -0.2) is 22.0 Å². The molecule has 1 rings (SSSR count). The van der Waals surface area contributed by atoms with E-state index in [0.717, 1.165) is 57.8 Å². The van der Waals surface area contributed by atoms with Crippen LogP contribution in [-0.4, -0.2) is 21.3 Å². The van der Waals surface area contributed by atoms with Crippen LogP contribution in [0, 0.1) is 35.0 Å². The molecule has 0 bridgehead atoms. The summed E-state index contributed by atoms with van der Waals surface area (Å²) in [7, 11) is 0. The highest BCUT2D eigenvalue weighted by atomic mass is 19.2. The second-order valence-corrected chi connectivity index (χ2v) is 9.36. The van der Waals surface area contributed by atoms with Crippen molar-refractivity contribution >= 4 is 0 Å². The molecule has 0 saturated heterocycles. The number of hydrogen-bond donors (Lipinski definition) is 3. The first-order chi connectivity index (χ1) is 16.1. The molecule has 34 heavy (non-hydrogen) atoms. The summed E-state index contributed by atoms with van der Waals surface area (Å²) in [5, 5.41) is 28.8. The third-order valence-electron chi connectivity index (χ3n) is 6.48. The molecule has 1 aromatic rings. The zero-order valence-corrected chi connectivity index (χ0v) is 20.3. The molecule has 1 atom stereocenters. The van der Waals surface area contributed by atoms with Crippen molar-refractivity contribution in [3.05, 3.63) is 34.6 Å². The second kappa shape index (κ2) is 16.4. The largest absolute Gasteiger partial charge is 0.343 e. The third-order valence-corrected chi connectivity index (χ3v) is 6.48.